The third kappa shape index (κ3) is 2.74. The second kappa shape index (κ2) is 4.78. The standard InChI is InChI=1S/C16H20N2O2/c1-9-6-11(16(3,4)5)7-10(2)14(9)12-8-13(19)18-15(20)17-12/h6-8H,1-5H3,(H2,17,18,19,20). The highest BCUT2D eigenvalue weighted by Crippen LogP contribution is 2.31. The highest BCUT2D eigenvalue weighted by atomic mass is 16.2. The van der Waals surface area contributed by atoms with E-state index in [4.69, 9.17) is 0 Å². The Bertz CT molecular complexity index is 710. The molecule has 1 heterocycles. The van der Waals surface area contributed by atoms with Crippen molar-refractivity contribution in [2.75, 3.05) is 0 Å². The van der Waals surface area contributed by atoms with E-state index < -0.39 is 5.69 Å². The molecule has 20 heavy (non-hydrogen) atoms. The van der Waals surface area contributed by atoms with Gasteiger partial charge >= 0.3 is 5.69 Å². The normalized spacial score (nSPS) is 11.7. The van der Waals surface area contributed by atoms with Crippen molar-refractivity contribution in [2.24, 2.45) is 0 Å². The maximum absolute atomic E-state index is 11.5. The Kier molecular flexibility index (Phi) is 3.42. The summed E-state index contributed by atoms with van der Waals surface area (Å²) in [5, 5.41) is 0. The topological polar surface area (TPSA) is 65.7 Å². The number of nitrogens with one attached hydrogen (secondary N) is 2. The first-order valence-corrected chi connectivity index (χ1v) is 6.64. The van der Waals surface area contributed by atoms with E-state index in [2.05, 4.69) is 42.9 Å². The Morgan fingerprint density at radius 3 is 1.90 bits per heavy atom. The summed E-state index contributed by atoms with van der Waals surface area (Å²) >= 11 is 0. The molecule has 0 spiro atoms. The molecule has 0 fully saturated rings. The van der Waals surface area contributed by atoms with E-state index in [-0.39, 0.29) is 11.0 Å². The average molecular weight is 272 g/mol. The molecule has 1 aromatic heterocycles. The van der Waals surface area contributed by atoms with Gasteiger partial charge in [0.2, 0.25) is 0 Å². The van der Waals surface area contributed by atoms with E-state index in [0.29, 0.717) is 5.69 Å². The molecule has 106 valence electrons. The van der Waals surface area contributed by atoms with Crippen LogP contribution < -0.4 is 11.2 Å². The molecule has 0 unspecified atom stereocenters. The molecule has 2 aromatic rings. The minimum atomic E-state index is -0.480. The molecule has 1 aromatic carbocycles. The lowest BCUT2D eigenvalue weighted by molar-refractivity contribution is 0.589. The van der Waals surface area contributed by atoms with Crippen LogP contribution in [0, 0.1) is 13.8 Å². The average Bonchev–Trinajstić information content (AvgIpc) is 2.25. The van der Waals surface area contributed by atoms with Gasteiger partial charge in [0.15, 0.2) is 0 Å². The van der Waals surface area contributed by atoms with Crippen molar-refractivity contribution in [2.45, 2.75) is 40.0 Å². The van der Waals surface area contributed by atoms with Crippen molar-refractivity contribution >= 4 is 0 Å². The number of H-pyrrole nitrogens is 2. The minimum Gasteiger partial charge on any atom is -0.307 e. The van der Waals surface area contributed by atoms with Crippen molar-refractivity contribution in [1.29, 1.82) is 0 Å². The van der Waals surface area contributed by atoms with E-state index in [1.807, 2.05) is 13.8 Å². The van der Waals surface area contributed by atoms with Crippen molar-refractivity contribution in [1.82, 2.24) is 9.97 Å². The fourth-order valence-corrected chi connectivity index (χ4v) is 2.42. The van der Waals surface area contributed by atoms with Crippen LogP contribution in [0.15, 0.2) is 27.8 Å². The molecule has 0 saturated heterocycles. The van der Waals surface area contributed by atoms with Gasteiger partial charge in [-0.1, -0.05) is 32.9 Å². The quantitative estimate of drug-likeness (QED) is 0.838. The largest absolute Gasteiger partial charge is 0.326 e. The zero-order valence-electron chi connectivity index (χ0n) is 12.5. The SMILES string of the molecule is Cc1cc(C(C)(C)C)cc(C)c1-c1cc(=O)[nH]c(=O)[nH]1. The summed E-state index contributed by atoms with van der Waals surface area (Å²) in [4.78, 5) is 27.8. The van der Waals surface area contributed by atoms with Crippen molar-refractivity contribution < 1.29 is 0 Å². The molecule has 4 nitrogen and oxygen atoms in total. The maximum Gasteiger partial charge on any atom is 0.326 e. The van der Waals surface area contributed by atoms with Crippen molar-refractivity contribution in [3.63, 3.8) is 0 Å². The van der Waals surface area contributed by atoms with Crippen LogP contribution in [-0.4, -0.2) is 9.97 Å². The van der Waals surface area contributed by atoms with E-state index >= 15 is 0 Å². The maximum atomic E-state index is 11.5. The van der Waals surface area contributed by atoms with Crippen LogP contribution in [0.2, 0.25) is 0 Å². The summed E-state index contributed by atoms with van der Waals surface area (Å²) in [6.45, 7) is 10.5. The predicted octanol–water partition coefficient (Wildman–Crippen LogP) is 2.64. The Morgan fingerprint density at radius 1 is 0.900 bits per heavy atom. The van der Waals surface area contributed by atoms with Gasteiger partial charge in [-0.15, -0.1) is 0 Å². The van der Waals surface area contributed by atoms with E-state index in [0.717, 1.165) is 16.7 Å². The van der Waals surface area contributed by atoms with Crippen LogP contribution in [0.3, 0.4) is 0 Å². The summed E-state index contributed by atoms with van der Waals surface area (Å²) in [6.07, 6.45) is 0. The number of aromatic amines is 2. The zero-order chi connectivity index (χ0) is 15.1. The number of aromatic nitrogens is 2. The molecular formula is C16H20N2O2. The molecular weight excluding hydrogens is 252 g/mol. The second-order valence-corrected chi connectivity index (χ2v) is 6.24. The van der Waals surface area contributed by atoms with E-state index in [1.165, 1.54) is 11.6 Å². The van der Waals surface area contributed by atoms with E-state index in [9.17, 15) is 9.59 Å². The Hall–Kier alpha value is -2.10. The molecule has 0 atom stereocenters. The van der Waals surface area contributed by atoms with Crippen LogP contribution in [0.1, 0.15) is 37.5 Å². The monoisotopic (exact) mass is 272 g/mol. The number of hydrogen-bond acceptors (Lipinski definition) is 2. The van der Waals surface area contributed by atoms with Gasteiger partial charge in [-0.25, -0.2) is 4.79 Å². The molecule has 0 bridgehead atoms. The van der Waals surface area contributed by atoms with Crippen LogP contribution in [0.4, 0.5) is 0 Å². The van der Waals surface area contributed by atoms with Crippen LogP contribution in [0.25, 0.3) is 11.3 Å². The lowest BCUT2D eigenvalue weighted by Crippen LogP contribution is -2.22. The summed E-state index contributed by atoms with van der Waals surface area (Å²) < 4.78 is 0. The van der Waals surface area contributed by atoms with Crippen LogP contribution >= 0.6 is 0 Å². The number of aryl methyl sites for hydroxylation is 2. The highest BCUT2D eigenvalue weighted by Gasteiger charge is 2.17. The molecule has 0 amide bonds. The highest BCUT2D eigenvalue weighted by molar-refractivity contribution is 5.68. The Balaban J connectivity index is 2.70. The Labute approximate surface area is 117 Å². The van der Waals surface area contributed by atoms with Gasteiger partial charge in [0, 0.05) is 11.6 Å². The first-order chi connectivity index (χ1) is 9.18. The molecule has 0 aliphatic heterocycles. The summed E-state index contributed by atoms with van der Waals surface area (Å²) in [5.74, 6) is 0. The molecule has 0 saturated carbocycles. The summed E-state index contributed by atoms with van der Waals surface area (Å²) in [7, 11) is 0. The molecule has 4 heteroatoms. The first kappa shape index (κ1) is 14.3. The lowest BCUT2D eigenvalue weighted by atomic mass is 9.83. The summed E-state index contributed by atoms with van der Waals surface area (Å²) in [6, 6.07) is 5.65. The fourth-order valence-electron chi connectivity index (χ4n) is 2.42. The number of hydrogen-bond donors (Lipinski definition) is 2. The molecule has 2 rings (SSSR count). The third-order valence-corrected chi connectivity index (χ3v) is 3.43. The van der Waals surface area contributed by atoms with Gasteiger partial charge in [0.05, 0.1) is 5.69 Å². The van der Waals surface area contributed by atoms with Crippen LogP contribution in [0.5, 0.6) is 0 Å². The smallest absolute Gasteiger partial charge is 0.307 e. The molecule has 0 aliphatic rings. The predicted molar refractivity (Wildman–Crippen MR) is 81.3 cm³/mol. The molecule has 0 radical (unpaired) electrons. The van der Waals surface area contributed by atoms with Crippen LogP contribution in [-0.2, 0) is 5.41 Å². The van der Waals surface area contributed by atoms with Crippen molar-refractivity contribution in [3.05, 3.63) is 55.7 Å². The van der Waals surface area contributed by atoms with Crippen molar-refractivity contribution in [3.8, 4) is 11.3 Å². The minimum absolute atomic E-state index is 0.0651. The van der Waals surface area contributed by atoms with Gasteiger partial charge in [0.25, 0.3) is 5.56 Å². The third-order valence-electron chi connectivity index (χ3n) is 3.43. The first-order valence-electron chi connectivity index (χ1n) is 6.64. The van der Waals surface area contributed by atoms with Gasteiger partial charge < -0.3 is 4.98 Å². The number of benzene rings is 1. The second-order valence-electron chi connectivity index (χ2n) is 6.24. The van der Waals surface area contributed by atoms with Gasteiger partial charge in [-0.05, 0) is 36.0 Å². The number of rotatable bonds is 1. The molecule has 2 N–H and O–H groups in total. The van der Waals surface area contributed by atoms with Gasteiger partial charge in [-0.3, -0.25) is 9.78 Å². The van der Waals surface area contributed by atoms with E-state index in [1.54, 1.807) is 0 Å². The fraction of sp³-hybridized carbons (Fsp3) is 0.375. The Morgan fingerprint density at radius 2 is 1.45 bits per heavy atom. The lowest BCUT2D eigenvalue weighted by Gasteiger charge is -2.22. The summed E-state index contributed by atoms with van der Waals surface area (Å²) in [5.41, 5.74) is 4.02. The van der Waals surface area contributed by atoms with Gasteiger partial charge in [-0.2, -0.15) is 0 Å². The van der Waals surface area contributed by atoms with Gasteiger partial charge in [0.1, 0.15) is 0 Å². The zero-order valence-corrected chi connectivity index (χ0v) is 12.5. The molecule has 0 aliphatic carbocycles.